The minimum atomic E-state index is -4.57. The zero-order valence-electron chi connectivity index (χ0n) is 15.1. The Bertz CT molecular complexity index is 1140. The second-order valence-electron chi connectivity index (χ2n) is 6.70. The minimum absolute atomic E-state index is 0.0520. The number of fused-ring (bicyclic) bond motifs is 1. The van der Waals surface area contributed by atoms with Crippen LogP contribution in [0.1, 0.15) is 24.4 Å². The topological polar surface area (TPSA) is 64.0 Å². The van der Waals surface area contributed by atoms with Crippen LogP contribution in [0.3, 0.4) is 0 Å². The summed E-state index contributed by atoms with van der Waals surface area (Å²) in [5.41, 5.74) is -0.836. The van der Waals surface area contributed by atoms with Gasteiger partial charge < -0.3 is 5.32 Å². The van der Waals surface area contributed by atoms with Gasteiger partial charge in [-0.2, -0.15) is 13.2 Å². The van der Waals surface area contributed by atoms with Crippen LogP contribution in [0.2, 0.25) is 0 Å². The number of thioether (sulfide) groups is 1. The molecule has 0 aliphatic heterocycles. The quantitative estimate of drug-likeness (QED) is 0.489. The predicted octanol–water partition coefficient (Wildman–Crippen LogP) is 4.48. The number of halogens is 3. The van der Waals surface area contributed by atoms with Gasteiger partial charge >= 0.3 is 6.18 Å². The highest BCUT2D eigenvalue weighted by Gasteiger charge is 2.33. The summed E-state index contributed by atoms with van der Waals surface area (Å²) in [6.07, 6.45) is -2.85. The molecule has 4 rings (SSSR count). The van der Waals surface area contributed by atoms with Gasteiger partial charge in [-0.3, -0.25) is 14.2 Å². The van der Waals surface area contributed by atoms with Crippen molar-refractivity contribution in [1.29, 1.82) is 0 Å². The summed E-state index contributed by atoms with van der Waals surface area (Å²) in [5, 5.41) is 3.21. The van der Waals surface area contributed by atoms with Gasteiger partial charge in [0.2, 0.25) is 5.91 Å². The Kier molecular flexibility index (Phi) is 5.08. The van der Waals surface area contributed by atoms with E-state index in [0.717, 1.165) is 30.7 Å². The smallest absolute Gasteiger partial charge is 0.325 e. The number of carbonyl (C=O) groups is 1. The third-order valence-corrected chi connectivity index (χ3v) is 5.48. The van der Waals surface area contributed by atoms with Crippen LogP contribution in [0.4, 0.5) is 18.9 Å². The minimum Gasteiger partial charge on any atom is -0.325 e. The Morgan fingerprint density at radius 2 is 1.83 bits per heavy atom. The molecule has 1 fully saturated rings. The number of alkyl halides is 3. The standard InChI is InChI=1S/C20H16F3N3O2S/c21-20(22,23)14-6-2-4-8-16(14)24-17(27)11-29-19-25-15-7-3-1-5-13(15)18(28)26(19)12-9-10-12/h1-8,12H,9-11H2,(H,24,27). The fraction of sp³-hybridized carbons (Fsp3) is 0.250. The molecule has 150 valence electrons. The molecule has 1 amide bonds. The Labute approximate surface area is 167 Å². The monoisotopic (exact) mass is 419 g/mol. The zero-order valence-corrected chi connectivity index (χ0v) is 15.9. The van der Waals surface area contributed by atoms with Crippen LogP contribution in [0.15, 0.2) is 58.5 Å². The number of rotatable bonds is 5. The van der Waals surface area contributed by atoms with E-state index in [1.54, 1.807) is 28.8 Å². The maximum Gasteiger partial charge on any atom is 0.418 e. The zero-order chi connectivity index (χ0) is 20.6. The predicted molar refractivity (Wildman–Crippen MR) is 105 cm³/mol. The highest BCUT2D eigenvalue weighted by atomic mass is 32.2. The first-order valence-corrected chi connectivity index (χ1v) is 9.93. The van der Waals surface area contributed by atoms with Gasteiger partial charge in [-0.25, -0.2) is 4.98 Å². The Morgan fingerprint density at radius 1 is 1.14 bits per heavy atom. The van der Waals surface area contributed by atoms with Crippen molar-refractivity contribution in [2.45, 2.75) is 30.2 Å². The van der Waals surface area contributed by atoms with Crippen LogP contribution in [0.25, 0.3) is 10.9 Å². The lowest BCUT2D eigenvalue weighted by Crippen LogP contribution is -2.23. The van der Waals surface area contributed by atoms with Crippen molar-refractivity contribution < 1.29 is 18.0 Å². The van der Waals surface area contributed by atoms with E-state index in [4.69, 9.17) is 0 Å². The van der Waals surface area contributed by atoms with Crippen molar-refractivity contribution in [2.24, 2.45) is 0 Å². The number of carbonyl (C=O) groups excluding carboxylic acids is 1. The molecule has 0 unspecified atom stereocenters. The lowest BCUT2D eigenvalue weighted by atomic mass is 10.1. The van der Waals surface area contributed by atoms with Gasteiger partial charge in [0.25, 0.3) is 5.56 Å². The highest BCUT2D eigenvalue weighted by Crippen LogP contribution is 2.37. The van der Waals surface area contributed by atoms with E-state index in [9.17, 15) is 22.8 Å². The average molecular weight is 419 g/mol. The number of benzene rings is 2. The molecule has 3 aromatic rings. The van der Waals surface area contributed by atoms with Crippen LogP contribution in [0.5, 0.6) is 0 Å². The maximum absolute atomic E-state index is 13.1. The van der Waals surface area contributed by atoms with E-state index >= 15 is 0 Å². The second-order valence-corrected chi connectivity index (χ2v) is 7.64. The summed E-state index contributed by atoms with van der Waals surface area (Å²) in [7, 11) is 0. The molecule has 0 saturated heterocycles. The van der Waals surface area contributed by atoms with Gasteiger partial charge in [0, 0.05) is 6.04 Å². The number of nitrogens with one attached hydrogen (secondary N) is 1. The number of nitrogens with zero attached hydrogens (tertiary/aromatic N) is 2. The first-order valence-electron chi connectivity index (χ1n) is 8.95. The number of para-hydroxylation sites is 2. The SMILES string of the molecule is O=C(CSc1nc2ccccc2c(=O)n1C1CC1)Nc1ccccc1C(F)(F)F. The molecule has 9 heteroatoms. The van der Waals surface area contributed by atoms with Crippen molar-refractivity contribution in [1.82, 2.24) is 9.55 Å². The summed E-state index contributed by atoms with van der Waals surface area (Å²) in [5.74, 6) is -0.764. The molecule has 1 aromatic heterocycles. The number of hydrogen-bond acceptors (Lipinski definition) is 4. The van der Waals surface area contributed by atoms with Crippen molar-refractivity contribution in [2.75, 3.05) is 11.1 Å². The van der Waals surface area contributed by atoms with Crippen molar-refractivity contribution in [3.8, 4) is 0 Å². The molecule has 2 aromatic carbocycles. The van der Waals surface area contributed by atoms with E-state index < -0.39 is 17.6 Å². The van der Waals surface area contributed by atoms with Gasteiger partial charge in [0.15, 0.2) is 5.16 Å². The van der Waals surface area contributed by atoms with Crippen LogP contribution in [-0.4, -0.2) is 21.2 Å². The van der Waals surface area contributed by atoms with Gasteiger partial charge in [-0.05, 0) is 37.1 Å². The first-order chi connectivity index (χ1) is 13.8. The molecule has 1 heterocycles. The average Bonchev–Trinajstić information content (AvgIpc) is 3.51. The molecule has 1 N–H and O–H groups in total. The van der Waals surface area contributed by atoms with E-state index in [1.807, 2.05) is 0 Å². The lowest BCUT2D eigenvalue weighted by molar-refractivity contribution is -0.137. The van der Waals surface area contributed by atoms with Crippen LogP contribution < -0.4 is 10.9 Å². The fourth-order valence-electron chi connectivity index (χ4n) is 3.04. The molecule has 29 heavy (non-hydrogen) atoms. The number of amides is 1. The Morgan fingerprint density at radius 3 is 2.55 bits per heavy atom. The number of hydrogen-bond donors (Lipinski definition) is 1. The summed E-state index contributed by atoms with van der Waals surface area (Å²) < 4.78 is 40.8. The second kappa shape index (κ2) is 7.55. The number of aromatic nitrogens is 2. The maximum atomic E-state index is 13.1. The summed E-state index contributed by atoms with van der Waals surface area (Å²) in [4.78, 5) is 29.6. The Hall–Kier alpha value is -2.81. The molecule has 0 atom stereocenters. The lowest BCUT2D eigenvalue weighted by Gasteiger charge is -2.14. The molecule has 0 bridgehead atoms. The molecule has 1 saturated carbocycles. The van der Waals surface area contributed by atoms with Gasteiger partial charge in [-0.15, -0.1) is 0 Å². The first kappa shape index (κ1) is 19.5. The van der Waals surface area contributed by atoms with Crippen LogP contribution in [-0.2, 0) is 11.0 Å². The molecule has 0 radical (unpaired) electrons. The normalized spacial score (nSPS) is 14.2. The van der Waals surface area contributed by atoms with Crippen LogP contribution >= 0.6 is 11.8 Å². The molecule has 0 spiro atoms. The highest BCUT2D eigenvalue weighted by molar-refractivity contribution is 7.99. The van der Waals surface area contributed by atoms with Gasteiger partial charge in [0.05, 0.1) is 27.9 Å². The largest absolute Gasteiger partial charge is 0.418 e. The molecule has 5 nitrogen and oxygen atoms in total. The summed E-state index contributed by atoms with van der Waals surface area (Å²) >= 11 is 1.04. The van der Waals surface area contributed by atoms with E-state index in [1.165, 1.54) is 18.2 Å². The van der Waals surface area contributed by atoms with E-state index in [0.29, 0.717) is 16.1 Å². The van der Waals surface area contributed by atoms with Crippen molar-refractivity contribution >= 4 is 34.3 Å². The van der Waals surface area contributed by atoms with E-state index in [2.05, 4.69) is 10.3 Å². The third-order valence-electron chi connectivity index (χ3n) is 4.53. The Balaban J connectivity index is 1.56. The van der Waals surface area contributed by atoms with Crippen molar-refractivity contribution in [3.63, 3.8) is 0 Å². The molecule has 1 aliphatic carbocycles. The van der Waals surface area contributed by atoms with Crippen molar-refractivity contribution in [3.05, 3.63) is 64.4 Å². The molecule has 1 aliphatic rings. The van der Waals surface area contributed by atoms with Gasteiger partial charge in [-0.1, -0.05) is 36.0 Å². The molecular weight excluding hydrogens is 403 g/mol. The van der Waals surface area contributed by atoms with E-state index in [-0.39, 0.29) is 23.0 Å². The van der Waals surface area contributed by atoms with Gasteiger partial charge in [0.1, 0.15) is 0 Å². The fourth-order valence-corrected chi connectivity index (χ4v) is 3.90. The summed E-state index contributed by atoms with van der Waals surface area (Å²) in [6, 6.07) is 11.8. The molecular formula is C20H16F3N3O2S. The third kappa shape index (κ3) is 4.14. The van der Waals surface area contributed by atoms with Crippen LogP contribution in [0, 0.1) is 0 Å². The number of anilines is 1. The summed E-state index contributed by atoms with van der Waals surface area (Å²) in [6.45, 7) is 0.